The number of aromatic nitrogens is 3. The van der Waals surface area contributed by atoms with Crippen molar-refractivity contribution in [3.05, 3.63) is 29.3 Å². The third kappa shape index (κ3) is 2.99. The van der Waals surface area contributed by atoms with Gasteiger partial charge in [0, 0.05) is 23.6 Å². The summed E-state index contributed by atoms with van der Waals surface area (Å²) in [4.78, 5) is 11.8. The van der Waals surface area contributed by atoms with Crippen LogP contribution in [0.15, 0.2) is 29.4 Å². The summed E-state index contributed by atoms with van der Waals surface area (Å²) in [6.07, 6.45) is 2.62. The second-order valence-corrected chi connectivity index (χ2v) is 6.63. The topological polar surface area (TPSA) is 47.8 Å². The van der Waals surface area contributed by atoms with Crippen LogP contribution in [0.4, 0.5) is 0 Å². The molecule has 21 heavy (non-hydrogen) atoms. The average molecular weight is 322 g/mol. The molecule has 0 saturated heterocycles. The molecule has 3 rings (SSSR count). The van der Waals surface area contributed by atoms with Crippen molar-refractivity contribution in [2.24, 2.45) is 0 Å². The van der Waals surface area contributed by atoms with Crippen molar-refractivity contribution >= 4 is 29.1 Å². The fourth-order valence-electron chi connectivity index (χ4n) is 2.51. The van der Waals surface area contributed by atoms with Crippen molar-refractivity contribution in [3.8, 4) is 11.4 Å². The second-order valence-electron chi connectivity index (χ2n) is 5.02. The molecule has 1 saturated carbocycles. The van der Waals surface area contributed by atoms with E-state index in [-0.39, 0.29) is 5.25 Å². The second kappa shape index (κ2) is 6.20. The van der Waals surface area contributed by atoms with E-state index in [1.165, 1.54) is 0 Å². The summed E-state index contributed by atoms with van der Waals surface area (Å²) in [5.41, 5.74) is 0.985. The standard InChI is InChI=1S/C15H16ClN3OS/c1-2-19-14(10-6-8-11(16)9-7-10)17-18-15(19)21-13-5-3-4-12(13)20/h6-9,13H,2-5H2,1H3. The zero-order chi connectivity index (χ0) is 14.8. The van der Waals surface area contributed by atoms with Crippen molar-refractivity contribution in [2.45, 2.75) is 43.1 Å². The molecule has 110 valence electrons. The summed E-state index contributed by atoms with van der Waals surface area (Å²) in [7, 11) is 0. The minimum Gasteiger partial charge on any atom is -0.302 e. The van der Waals surface area contributed by atoms with Crippen LogP contribution < -0.4 is 0 Å². The number of ketones is 1. The molecule has 1 aromatic heterocycles. The van der Waals surface area contributed by atoms with Gasteiger partial charge in [0.15, 0.2) is 11.0 Å². The smallest absolute Gasteiger partial charge is 0.192 e. The summed E-state index contributed by atoms with van der Waals surface area (Å²) in [5, 5.41) is 10.1. The van der Waals surface area contributed by atoms with Crippen LogP contribution >= 0.6 is 23.4 Å². The maximum atomic E-state index is 11.8. The van der Waals surface area contributed by atoms with Gasteiger partial charge in [0.25, 0.3) is 0 Å². The van der Waals surface area contributed by atoms with Gasteiger partial charge in [-0.1, -0.05) is 23.4 Å². The molecule has 0 radical (unpaired) electrons. The molecule has 0 spiro atoms. The number of halogens is 1. The minimum atomic E-state index is 0.0394. The van der Waals surface area contributed by atoms with Crippen molar-refractivity contribution in [3.63, 3.8) is 0 Å². The highest BCUT2D eigenvalue weighted by Crippen LogP contribution is 2.33. The lowest BCUT2D eigenvalue weighted by Crippen LogP contribution is -2.10. The predicted molar refractivity (Wildman–Crippen MR) is 84.6 cm³/mol. The monoisotopic (exact) mass is 321 g/mol. The van der Waals surface area contributed by atoms with E-state index in [2.05, 4.69) is 21.7 Å². The molecule has 2 aromatic rings. The van der Waals surface area contributed by atoms with Crippen LogP contribution in [0.3, 0.4) is 0 Å². The van der Waals surface area contributed by atoms with Gasteiger partial charge >= 0.3 is 0 Å². The summed E-state index contributed by atoms with van der Waals surface area (Å²) < 4.78 is 2.06. The van der Waals surface area contributed by atoms with Gasteiger partial charge in [-0.2, -0.15) is 0 Å². The SMILES string of the molecule is CCn1c(SC2CCCC2=O)nnc1-c1ccc(Cl)cc1. The van der Waals surface area contributed by atoms with Gasteiger partial charge in [-0.05, 0) is 44.0 Å². The van der Waals surface area contributed by atoms with Crippen LogP contribution in [0.5, 0.6) is 0 Å². The van der Waals surface area contributed by atoms with Crippen LogP contribution in [-0.4, -0.2) is 25.8 Å². The Morgan fingerprint density at radius 2 is 2.10 bits per heavy atom. The highest BCUT2D eigenvalue weighted by Gasteiger charge is 2.27. The maximum absolute atomic E-state index is 11.8. The molecule has 0 bridgehead atoms. The zero-order valence-electron chi connectivity index (χ0n) is 11.8. The van der Waals surface area contributed by atoms with Gasteiger partial charge in [0.2, 0.25) is 0 Å². The zero-order valence-corrected chi connectivity index (χ0v) is 13.3. The summed E-state index contributed by atoms with van der Waals surface area (Å²) in [6, 6.07) is 7.57. The molecule has 1 heterocycles. The van der Waals surface area contributed by atoms with Crippen molar-refractivity contribution in [1.82, 2.24) is 14.8 Å². The Balaban J connectivity index is 1.89. The number of Topliss-reactive ketones (excluding diaryl/α,β-unsaturated/α-hetero) is 1. The Kier molecular flexibility index (Phi) is 4.31. The third-order valence-corrected chi connectivity index (χ3v) is 5.18. The average Bonchev–Trinajstić information content (AvgIpc) is 3.07. The molecule has 6 heteroatoms. The summed E-state index contributed by atoms with van der Waals surface area (Å²) in [6.45, 7) is 2.83. The molecule has 4 nitrogen and oxygen atoms in total. The number of thioether (sulfide) groups is 1. The van der Waals surface area contributed by atoms with Gasteiger partial charge < -0.3 is 4.57 Å². The number of rotatable bonds is 4. The molecular weight excluding hydrogens is 306 g/mol. The van der Waals surface area contributed by atoms with E-state index in [1.807, 2.05) is 24.3 Å². The van der Waals surface area contributed by atoms with E-state index in [4.69, 9.17) is 11.6 Å². The predicted octanol–water partition coefficient (Wildman–Crippen LogP) is 3.83. The van der Waals surface area contributed by atoms with Crippen LogP contribution in [0.25, 0.3) is 11.4 Å². The fourth-order valence-corrected chi connectivity index (χ4v) is 3.85. The van der Waals surface area contributed by atoms with Crippen LogP contribution in [0, 0.1) is 0 Å². The molecule has 0 N–H and O–H groups in total. The van der Waals surface area contributed by atoms with Gasteiger partial charge in [-0.25, -0.2) is 0 Å². The molecule has 1 aromatic carbocycles. The van der Waals surface area contributed by atoms with Gasteiger partial charge in [-0.15, -0.1) is 10.2 Å². The van der Waals surface area contributed by atoms with Crippen LogP contribution in [-0.2, 0) is 11.3 Å². The molecule has 1 atom stereocenters. The third-order valence-electron chi connectivity index (χ3n) is 3.63. The van der Waals surface area contributed by atoms with E-state index < -0.39 is 0 Å². The summed E-state index contributed by atoms with van der Waals surface area (Å²) >= 11 is 7.47. The Hall–Kier alpha value is -1.33. The Morgan fingerprint density at radius 3 is 2.71 bits per heavy atom. The highest BCUT2D eigenvalue weighted by molar-refractivity contribution is 8.00. The first-order valence-corrected chi connectivity index (χ1v) is 8.33. The van der Waals surface area contributed by atoms with E-state index in [9.17, 15) is 4.79 Å². The van der Waals surface area contributed by atoms with Crippen molar-refractivity contribution < 1.29 is 4.79 Å². The van der Waals surface area contributed by atoms with Gasteiger partial charge in [-0.3, -0.25) is 4.79 Å². The van der Waals surface area contributed by atoms with Gasteiger partial charge in [0.1, 0.15) is 5.78 Å². The number of carbonyl (C=O) groups is 1. The number of benzene rings is 1. The largest absolute Gasteiger partial charge is 0.302 e. The maximum Gasteiger partial charge on any atom is 0.192 e. The van der Waals surface area contributed by atoms with E-state index in [0.717, 1.165) is 35.9 Å². The lowest BCUT2D eigenvalue weighted by molar-refractivity contribution is -0.116. The number of hydrogen-bond acceptors (Lipinski definition) is 4. The molecule has 1 aliphatic carbocycles. The van der Waals surface area contributed by atoms with E-state index in [1.54, 1.807) is 11.8 Å². The normalized spacial score (nSPS) is 18.4. The molecule has 0 aliphatic heterocycles. The van der Waals surface area contributed by atoms with Crippen molar-refractivity contribution in [2.75, 3.05) is 0 Å². The van der Waals surface area contributed by atoms with Crippen LogP contribution in [0.1, 0.15) is 26.2 Å². The minimum absolute atomic E-state index is 0.0394. The van der Waals surface area contributed by atoms with E-state index in [0.29, 0.717) is 17.2 Å². The van der Waals surface area contributed by atoms with E-state index >= 15 is 0 Å². The fraction of sp³-hybridized carbons (Fsp3) is 0.400. The Morgan fingerprint density at radius 1 is 1.33 bits per heavy atom. The van der Waals surface area contributed by atoms with Crippen LogP contribution in [0.2, 0.25) is 5.02 Å². The highest BCUT2D eigenvalue weighted by atomic mass is 35.5. The van der Waals surface area contributed by atoms with Crippen molar-refractivity contribution in [1.29, 1.82) is 0 Å². The molecule has 0 amide bonds. The first-order valence-electron chi connectivity index (χ1n) is 7.07. The quantitative estimate of drug-likeness (QED) is 0.858. The number of carbonyl (C=O) groups excluding carboxylic acids is 1. The number of nitrogens with zero attached hydrogens (tertiary/aromatic N) is 3. The molecule has 1 fully saturated rings. The first kappa shape index (κ1) is 14.6. The van der Waals surface area contributed by atoms with Gasteiger partial charge in [0.05, 0.1) is 5.25 Å². The molecule has 1 unspecified atom stereocenters. The Labute approximate surface area is 132 Å². The molecular formula is C15H16ClN3OS. The molecule has 1 aliphatic rings. The lowest BCUT2D eigenvalue weighted by atomic mass is 10.2. The summed E-state index contributed by atoms with van der Waals surface area (Å²) in [5.74, 6) is 1.15. The number of hydrogen-bond donors (Lipinski definition) is 0. The lowest BCUT2D eigenvalue weighted by Gasteiger charge is -2.10. The Bertz CT molecular complexity index is 653. The first-order chi connectivity index (χ1) is 10.2.